The third kappa shape index (κ3) is 3.99. The quantitative estimate of drug-likeness (QED) is 0.573. The first-order valence-electron chi connectivity index (χ1n) is 6.40. The zero-order valence-electron chi connectivity index (χ0n) is 12.0. The Balaban J connectivity index is 2.32. The molecule has 2 aromatic rings. The molecule has 0 saturated heterocycles. The van der Waals surface area contributed by atoms with Crippen molar-refractivity contribution in [2.24, 2.45) is 5.84 Å². The van der Waals surface area contributed by atoms with Crippen LogP contribution < -0.4 is 21.3 Å². The molecule has 112 valence electrons. The van der Waals surface area contributed by atoms with Crippen molar-refractivity contribution in [3.8, 4) is 6.01 Å². The van der Waals surface area contributed by atoms with Crippen molar-refractivity contribution in [3.63, 3.8) is 0 Å². The maximum Gasteiger partial charge on any atom is 0.323 e. The van der Waals surface area contributed by atoms with Crippen LogP contribution in [0.25, 0.3) is 0 Å². The number of halogens is 1. The summed E-state index contributed by atoms with van der Waals surface area (Å²) < 4.78 is 18.7. The van der Waals surface area contributed by atoms with Crippen molar-refractivity contribution in [3.05, 3.63) is 29.6 Å². The van der Waals surface area contributed by atoms with Gasteiger partial charge in [0.05, 0.1) is 6.10 Å². The van der Waals surface area contributed by atoms with Crippen LogP contribution in [0.1, 0.15) is 19.4 Å². The predicted octanol–water partition coefficient (Wildman–Crippen LogP) is 2.14. The SMILES string of the molecule is Cc1ccc(F)cc1Nc1nc(NN)nc(OC(C)C)n1. The average molecular weight is 292 g/mol. The molecule has 2 rings (SSSR count). The molecule has 0 atom stereocenters. The second-order valence-electron chi connectivity index (χ2n) is 4.66. The van der Waals surface area contributed by atoms with E-state index in [9.17, 15) is 4.39 Å². The minimum atomic E-state index is -0.354. The minimum absolute atomic E-state index is 0.0956. The summed E-state index contributed by atoms with van der Waals surface area (Å²) >= 11 is 0. The second-order valence-corrected chi connectivity index (χ2v) is 4.66. The van der Waals surface area contributed by atoms with Gasteiger partial charge in [-0.1, -0.05) is 6.07 Å². The number of aromatic nitrogens is 3. The van der Waals surface area contributed by atoms with Crippen molar-refractivity contribution in [2.45, 2.75) is 26.9 Å². The number of rotatable bonds is 5. The summed E-state index contributed by atoms with van der Waals surface area (Å²) in [4.78, 5) is 12.1. The van der Waals surface area contributed by atoms with E-state index in [1.807, 2.05) is 20.8 Å². The van der Waals surface area contributed by atoms with Crippen LogP contribution >= 0.6 is 0 Å². The molecule has 0 radical (unpaired) electrons. The number of benzene rings is 1. The topological polar surface area (TPSA) is 98.0 Å². The van der Waals surface area contributed by atoms with Gasteiger partial charge in [-0.3, -0.25) is 5.43 Å². The molecule has 0 aliphatic heterocycles. The number of ether oxygens (including phenoxy) is 1. The highest BCUT2D eigenvalue weighted by atomic mass is 19.1. The van der Waals surface area contributed by atoms with Gasteiger partial charge in [0, 0.05) is 5.69 Å². The van der Waals surface area contributed by atoms with E-state index in [1.54, 1.807) is 6.07 Å². The summed E-state index contributed by atoms with van der Waals surface area (Å²) in [6.07, 6.45) is -0.0956. The first kappa shape index (κ1) is 14.9. The van der Waals surface area contributed by atoms with Gasteiger partial charge in [0.25, 0.3) is 0 Å². The third-order valence-corrected chi connectivity index (χ3v) is 2.53. The number of aryl methyl sites for hydroxylation is 1. The zero-order valence-corrected chi connectivity index (χ0v) is 12.0. The molecule has 0 aliphatic carbocycles. The molecular weight excluding hydrogens is 275 g/mol. The Morgan fingerprint density at radius 1 is 1.19 bits per heavy atom. The van der Waals surface area contributed by atoms with E-state index in [1.165, 1.54) is 12.1 Å². The van der Waals surface area contributed by atoms with Crippen LogP contribution in [0.5, 0.6) is 6.01 Å². The molecule has 7 nitrogen and oxygen atoms in total. The fourth-order valence-electron chi connectivity index (χ4n) is 1.59. The molecule has 0 unspecified atom stereocenters. The van der Waals surface area contributed by atoms with Gasteiger partial charge in [-0.15, -0.1) is 0 Å². The molecule has 0 aliphatic rings. The molecule has 0 amide bonds. The van der Waals surface area contributed by atoms with Gasteiger partial charge < -0.3 is 10.1 Å². The lowest BCUT2D eigenvalue weighted by Gasteiger charge is -2.12. The highest BCUT2D eigenvalue weighted by Gasteiger charge is 2.10. The largest absolute Gasteiger partial charge is 0.461 e. The summed E-state index contributed by atoms with van der Waals surface area (Å²) in [6.45, 7) is 5.54. The van der Waals surface area contributed by atoms with Gasteiger partial charge >= 0.3 is 6.01 Å². The van der Waals surface area contributed by atoms with Crippen LogP contribution in [-0.2, 0) is 0 Å². The maximum absolute atomic E-state index is 13.3. The third-order valence-electron chi connectivity index (χ3n) is 2.53. The summed E-state index contributed by atoms with van der Waals surface area (Å²) in [5, 5.41) is 2.92. The van der Waals surface area contributed by atoms with Gasteiger partial charge in [-0.05, 0) is 38.5 Å². The second kappa shape index (κ2) is 6.31. The van der Waals surface area contributed by atoms with Crippen molar-refractivity contribution in [2.75, 3.05) is 10.7 Å². The van der Waals surface area contributed by atoms with Crippen LogP contribution in [-0.4, -0.2) is 21.1 Å². The van der Waals surface area contributed by atoms with E-state index in [2.05, 4.69) is 25.7 Å². The molecule has 0 bridgehead atoms. The van der Waals surface area contributed by atoms with E-state index in [0.717, 1.165) is 5.56 Å². The van der Waals surface area contributed by atoms with E-state index in [0.29, 0.717) is 5.69 Å². The summed E-state index contributed by atoms with van der Waals surface area (Å²) in [5.74, 6) is 5.33. The van der Waals surface area contributed by atoms with Gasteiger partial charge in [-0.2, -0.15) is 15.0 Å². The first-order chi connectivity index (χ1) is 9.97. The Labute approximate surface area is 121 Å². The molecule has 21 heavy (non-hydrogen) atoms. The number of nitrogens with one attached hydrogen (secondary N) is 2. The van der Waals surface area contributed by atoms with E-state index < -0.39 is 0 Å². The number of nitrogens with zero attached hydrogens (tertiary/aromatic N) is 3. The Bertz CT molecular complexity index is 634. The van der Waals surface area contributed by atoms with Gasteiger partial charge in [0.2, 0.25) is 11.9 Å². The average Bonchev–Trinajstić information content (AvgIpc) is 2.42. The number of hydrazine groups is 1. The van der Waals surface area contributed by atoms with Crippen LogP contribution in [0, 0.1) is 12.7 Å². The Hall–Kier alpha value is -2.48. The Morgan fingerprint density at radius 3 is 2.57 bits per heavy atom. The van der Waals surface area contributed by atoms with Crippen LogP contribution in [0.3, 0.4) is 0 Å². The molecule has 0 spiro atoms. The van der Waals surface area contributed by atoms with Crippen LogP contribution in [0.4, 0.5) is 22.0 Å². The maximum atomic E-state index is 13.3. The molecule has 0 fully saturated rings. The number of hydrogen-bond acceptors (Lipinski definition) is 7. The van der Waals surface area contributed by atoms with E-state index in [-0.39, 0.29) is 29.8 Å². The van der Waals surface area contributed by atoms with Crippen LogP contribution in [0.2, 0.25) is 0 Å². The van der Waals surface area contributed by atoms with Gasteiger partial charge in [0.1, 0.15) is 5.82 Å². The van der Waals surface area contributed by atoms with E-state index in [4.69, 9.17) is 10.6 Å². The fraction of sp³-hybridized carbons (Fsp3) is 0.308. The minimum Gasteiger partial charge on any atom is -0.461 e. The molecule has 4 N–H and O–H groups in total. The monoisotopic (exact) mass is 292 g/mol. The molecule has 1 heterocycles. The summed E-state index contributed by atoms with van der Waals surface area (Å²) in [7, 11) is 0. The molecule has 8 heteroatoms. The van der Waals surface area contributed by atoms with Crippen molar-refractivity contribution in [1.29, 1.82) is 0 Å². The van der Waals surface area contributed by atoms with Gasteiger partial charge in [0.15, 0.2) is 0 Å². The van der Waals surface area contributed by atoms with Crippen molar-refractivity contribution < 1.29 is 9.13 Å². The van der Waals surface area contributed by atoms with Gasteiger partial charge in [-0.25, -0.2) is 10.2 Å². The molecular formula is C13H17FN6O. The standard InChI is InChI=1S/C13H17FN6O/c1-7(2)21-13-18-11(17-12(19-13)20-15)16-10-6-9(14)5-4-8(10)3/h4-7H,15H2,1-3H3,(H2,16,17,18,19,20). The van der Waals surface area contributed by atoms with E-state index >= 15 is 0 Å². The smallest absolute Gasteiger partial charge is 0.323 e. The Morgan fingerprint density at radius 2 is 1.90 bits per heavy atom. The molecule has 1 aromatic heterocycles. The lowest BCUT2D eigenvalue weighted by Crippen LogP contribution is -2.15. The molecule has 1 aromatic carbocycles. The predicted molar refractivity (Wildman–Crippen MR) is 77.8 cm³/mol. The van der Waals surface area contributed by atoms with Crippen molar-refractivity contribution >= 4 is 17.6 Å². The Kier molecular flexibility index (Phi) is 4.49. The van der Waals surface area contributed by atoms with Crippen LogP contribution in [0.15, 0.2) is 18.2 Å². The normalized spacial score (nSPS) is 10.6. The lowest BCUT2D eigenvalue weighted by atomic mass is 10.2. The lowest BCUT2D eigenvalue weighted by molar-refractivity contribution is 0.222. The summed E-state index contributed by atoms with van der Waals surface area (Å²) in [5.41, 5.74) is 3.74. The summed E-state index contributed by atoms with van der Waals surface area (Å²) in [6, 6.07) is 4.53. The fourth-order valence-corrected chi connectivity index (χ4v) is 1.59. The molecule has 0 saturated carbocycles. The zero-order chi connectivity index (χ0) is 15.4. The van der Waals surface area contributed by atoms with Crippen molar-refractivity contribution in [1.82, 2.24) is 15.0 Å². The highest BCUT2D eigenvalue weighted by Crippen LogP contribution is 2.21. The number of hydrogen-bond donors (Lipinski definition) is 3. The number of nitrogens with two attached hydrogens (primary N) is 1. The highest BCUT2D eigenvalue weighted by molar-refractivity contribution is 5.58. The number of nitrogen functional groups attached to an aromatic ring is 1. The first-order valence-corrected chi connectivity index (χ1v) is 6.40. The number of anilines is 3.